The van der Waals surface area contributed by atoms with Gasteiger partial charge < -0.3 is 15.3 Å². The van der Waals surface area contributed by atoms with E-state index in [0.29, 0.717) is 38.2 Å². The lowest BCUT2D eigenvalue weighted by molar-refractivity contribution is -0.347. The summed E-state index contributed by atoms with van der Waals surface area (Å²) in [5.74, 6) is -0.475. The highest BCUT2D eigenvalue weighted by Gasteiger charge is 2.69. The van der Waals surface area contributed by atoms with E-state index in [1.807, 2.05) is 6.92 Å². The van der Waals surface area contributed by atoms with Crippen molar-refractivity contribution in [2.45, 2.75) is 115 Å². The zero-order valence-corrected chi connectivity index (χ0v) is 18.9. The minimum atomic E-state index is -6.04. The Bertz CT molecular complexity index is 860. The molecule has 0 spiro atoms. The van der Waals surface area contributed by atoms with Crippen molar-refractivity contribution in [3.05, 3.63) is 12.2 Å². The first-order valence-electron chi connectivity index (χ1n) is 14.2. The molecule has 0 aromatic carbocycles. The summed E-state index contributed by atoms with van der Waals surface area (Å²) in [7, 11) is 0. The Morgan fingerprint density at radius 1 is 1.00 bits per heavy atom. The molecule has 2 rings (SSSR count). The predicted molar refractivity (Wildman–Crippen MR) is 113 cm³/mol. The van der Waals surface area contributed by atoms with Gasteiger partial charge in [-0.05, 0) is 87.4 Å². The lowest BCUT2D eigenvalue weighted by Gasteiger charge is -2.50. The molecule has 9 heteroatoms. The van der Waals surface area contributed by atoms with Gasteiger partial charge in [0.15, 0.2) is 0 Å². The van der Waals surface area contributed by atoms with Gasteiger partial charge in [-0.2, -0.15) is 26.3 Å². The molecule has 0 bridgehead atoms. The number of allylic oxidation sites excluding steroid dienone is 1. The molecule has 0 saturated heterocycles. The topological polar surface area (TPSA) is 60.7 Å². The van der Waals surface area contributed by atoms with Crippen molar-refractivity contribution in [1.29, 1.82) is 0 Å². The van der Waals surface area contributed by atoms with Gasteiger partial charge in [0, 0.05) is 8.22 Å². The second kappa shape index (κ2) is 9.34. The number of halogens is 6. The fraction of sp³-hybridized carbons (Fsp3) is 0.917. The van der Waals surface area contributed by atoms with E-state index in [2.05, 4.69) is 0 Å². The molecule has 0 aliphatic heterocycles. The fourth-order valence-electron chi connectivity index (χ4n) is 6.31. The summed E-state index contributed by atoms with van der Waals surface area (Å²) in [4.78, 5) is 0. The van der Waals surface area contributed by atoms with Gasteiger partial charge >= 0.3 is 12.4 Å². The van der Waals surface area contributed by atoms with E-state index >= 15 is 0 Å². The maximum atomic E-state index is 13.2. The lowest BCUT2D eigenvalue weighted by Crippen LogP contribution is -2.55. The molecule has 0 aromatic heterocycles. The van der Waals surface area contributed by atoms with E-state index in [-0.39, 0.29) is 37.2 Å². The number of hydrogen-bond donors (Lipinski definition) is 3. The number of fused-ring (bicyclic) bond motifs is 1. The summed E-state index contributed by atoms with van der Waals surface area (Å²) < 4.78 is 125. The zero-order chi connectivity index (χ0) is 30.5. The van der Waals surface area contributed by atoms with Gasteiger partial charge in [0.05, 0.1) is 11.7 Å². The molecule has 3 nitrogen and oxygen atoms in total. The van der Waals surface area contributed by atoms with Crippen molar-refractivity contribution >= 4 is 0 Å². The van der Waals surface area contributed by atoms with E-state index in [1.165, 1.54) is 0 Å². The highest BCUT2D eigenvalue weighted by Crippen LogP contribution is 2.62. The summed E-state index contributed by atoms with van der Waals surface area (Å²) in [5, 5.41) is 30.8. The number of hydrogen-bond acceptors (Lipinski definition) is 3. The molecule has 5 atom stereocenters. The third kappa shape index (κ3) is 5.89. The first kappa shape index (κ1) is 20.4. The highest BCUT2D eigenvalue weighted by molar-refractivity contribution is 5.13. The third-order valence-corrected chi connectivity index (χ3v) is 8.02. The molecule has 0 radical (unpaired) electrons. The molecule has 2 fully saturated rings. The van der Waals surface area contributed by atoms with Crippen molar-refractivity contribution in [2.24, 2.45) is 22.7 Å². The molecule has 0 aromatic rings. The maximum absolute atomic E-state index is 13.2. The quantitative estimate of drug-likeness (QED) is 0.274. The third-order valence-electron chi connectivity index (χ3n) is 8.02. The average Bonchev–Trinajstić information content (AvgIpc) is 3.09. The minimum absolute atomic E-state index is 0.0225. The van der Waals surface area contributed by atoms with Crippen molar-refractivity contribution in [2.75, 3.05) is 0 Å². The van der Waals surface area contributed by atoms with Crippen LogP contribution in [-0.4, -0.2) is 45.0 Å². The number of rotatable bonds is 8. The molecule has 0 amide bonds. The van der Waals surface area contributed by atoms with Gasteiger partial charge in [0.1, 0.15) is 0 Å². The Morgan fingerprint density at radius 3 is 2.15 bits per heavy atom. The van der Waals surface area contributed by atoms with Crippen LogP contribution in [0.5, 0.6) is 0 Å². The molecule has 0 unspecified atom stereocenters. The van der Waals surface area contributed by atoms with E-state index in [0.717, 1.165) is 0 Å². The summed E-state index contributed by atoms with van der Waals surface area (Å²) in [6, 6.07) is 0. The van der Waals surface area contributed by atoms with Crippen LogP contribution in [0.3, 0.4) is 0 Å². The van der Waals surface area contributed by atoms with E-state index in [9.17, 15) is 41.7 Å². The van der Waals surface area contributed by atoms with Crippen molar-refractivity contribution in [3.8, 4) is 0 Å². The largest absolute Gasteiger partial charge is 0.429 e. The maximum Gasteiger partial charge on any atom is 0.429 e. The van der Waals surface area contributed by atoms with E-state index < -0.39 is 60.6 Å². The minimum Gasteiger partial charge on any atom is -0.393 e. The van der Waals surface area contributed by atoms with Crippen LogP contribution < -0.4 is 0 Å². The second-order valence-corrected chi connectivity index (χ2v) is 10.4. The molecule has 2 aliphatic rings. The van der Waals surface area contributed by atoms with Crippen LogP contribution in [0.15, 0.2) is 12.2 Å². The molecule has 2 saturated carbocycles. The van der Waals surface area contributed by atoms with Crippen molar-refractivity contribution in [3.63, 3.8) is 0 Å². The van der Waals surface area contributed by atoms with Crippen LogP contribution in [-0.2, 0) is 0 Å². The molecule has 194 valence electrons. The SMILES string of the molecule is [2H]C([2H])([2H])C(O)(CCC[C@](C)(C/C=C/C(O)(C(F)(F)F)C(F)(F)F)[C@H]1CC[C@H]2[C@@H](O)CCC[C@]12C)C([2H])([2H])[2H]. The van der Waals surface area contributed by atoms with E-state index in [4.69, 9.17) is 8.22 Å². The normalized spacial score (nSPS) is 35.1. The molecule has 3 N–H and O–H groups in total. The molecule has 33 heavy (non-hydrogen) atoms. The van der Waals surface area contributed by atoms with Gasteiger partial charge in [0.25, 0.3) is 5.60 Å². The first-order valence-corrected chi connectivity index (χ1v) is 11.2. The second-order valence-electron chi connectivity index (χ2n) is 10.4. The molecule has 0 heterocycles. The Hall–Kier alpha value is -0.800. The Kier molecular flexibility index (Phi) is 5.77. The van der Waals surface area contributed by atoms with Gasteiger partial charge in [0.2, 0.25) is 0 Å². The predicted octanol–water partition coefficient (Wildman–Crippen LogP) is 6.31. The molecule has 2 aliphatic carbocycles. The zero-order valence-electron chi connectivity index (χ0n) is 24.9. The highest BCUT2D eigenvalue weighted by atomic mass is 19.4. The fourth-order valence-corrected chi connectivity index (χ4v) is 6.31. The summed E-state index contributed by atoms with van der Waals surface area (Å²) in [5.41, 5.74) is -9.73. The summed E-state index contributed by atoms with van der Waals surface area (Å²) in [6.45, 7) is -3.01. The van der Waals surface area contributed by atoms with Crippen LogP contribution in [0.1, 0.15) is 93.6 Å². The van der Waals surface area contributed by atoms with Gasteiger partial charge in [-0.3, -0.25) is 0 Å². The van der Waals surface area contributed by atoms with Gasteiger partial charge in [-0.25, -0.2) is 0 Å². The summed E-state index contributed by atoms with van der Waals surface area (Å²) in [6.07, 6.45) is -10.7. The van der Waals surface area contributed by atoms with Crippen LogP contribution in [0.2, 0.25) is 0 Å². The number of aliphatic hydroxyl groups excluding tert-OH is 1. The Labute approximate surface area is 200 Å². The van der Waals surface area contributed by atoms with Crippen molar-refractivity contribution < 1.29 is 49.9 Å². The molecular formula is C24H38F6O3. The van der Waals surface area contributed by atoms with Crippen LogP contribution >= 0.6 is 0 Å². The Morgan fingerprint density at radius 2 is 1.61 bits per heavy atom. The van der Waals surface area contributed by atoms with Crippen LogP contribution in [0, 0.1) is 22.7 Å². The Balaban J connectivity index is 2.45. The van der Waals surface area contributed by atoms with Crippen LogP contribution in [0.25, 0.3) is 0 Å². The smallest absolute Gasteiger partial charge is 0.393 e. The lowest BCUT2D eigenvalue weighted by atomic mass is 9.56. The van der Waals surface area contributed by atoms with Gasteiger partial charge in [-0.15, -0.1) is 0 Å². The monoisotopic (exact) mass is 494 g/mol. The van der Waals surface area contributed by atoms with Gasteiger partial charge in [-0.1, -0.05) is 32.8 Å². The number of aliphatic hydroxyl groups is 3. The first-order chi connectivity index (χ1) is 17.3. The number of alkyl halides is 6. The van der Waals surface area contributed by atoms with E-state index in [1.54, 1.807) is 6.92 Å². The van der Waals surface area contributed by atoms with Crippen molar-refractivity contribution in [1.82, 2.24) is 0 Å². The van der Waals surface area contributed by atoms with Crippen LogP contribution in [0.4, 0.5) is 26.3 Å². The standard InChI is InChI=1S/C24H38F6O3/c1-19(2,32)11-6-12-20(3,13-7-15-22(33,23(25,26)27)24(28,29)30)18-10-9-16-17(31)8-5-14-21(16,18)4/h7,15-18,31-33H,5-6,8-14H2,1-4H3/b15-7+/t16-,17-,18+,20+,21-/m0/s1/i1D3,2D3. The summed E-state index contributed by atoms with van der Waals surface area (Å²) >= 11 is 0. The molecular weight excluding hydrogens is 450 g/mol. The average molecular weight is 495 g/mol.